The molecule has 4 aromatic rings. The van der Waals surface area contributed by atoms with Crippen LogP contribution in [0.4, 0.5) is 16.2 Å². The zero-order valence-corrected chi connectivity index (χ0v) is 16.5. The maximum absolute atomic E-state index is 12.4. The van der Waals surface area contributed by atoms with Crippen LogP contribution < -0.4 is 10.6 Å². The first-order chi connectivity index (χ1) is 13.9. The van der Waals surface area contributed by atoms with Crippen LogP contribution in [0, 0.1) is 13.8 Å². The second-order valence-corrected chi connectivity index (χ2v) is 7.18. The number of carbonyl (C=O) groups is 1. The molecule has 2 amide bonds. The van der Waals surface area contributed by atoms with Gasteiger partial charge in [-0.05, 0) is 61.9 Å². The number of benzene rings is 3. The number of amides is 2. The number of aromatic nitrogens is 3. The molecule has 0 radical (unpaired) electrons. The van der Waals surface area contributed by atoms with Gasteiger partial charge in [-0.3, -0.25) is 0 Å². The van der Waals surface area contributed by atoms with E-state index in [0.29, 0.717) is 27.4 Å². The summed E-state index contributed by atoms with van der Waals surface area (Å²) in [4.78, 5) is 13.7. The topological polar surface area (TPSA) is 92.1 Å². The third-order valence-electron chi connectivity index (χ3n) is 4.35. The van der Waals surface area contributed by atoms with Crippen LogP contribution >= 0.6 is 11.6 Å². The van der Waals surface area contributed by atoms with Gasteiger partial charge in [0.25, 0.3) is 0 Å². The zero-order valence-electron chi connectivity index (χ0n) is 15.8. The Morgan fingerprint density at radius 3 is 2.41 bits per heavy atom. The highest BCUT2D eigenvalue weighted by atomic mass is 35.5. The summed E-state index contributed by atoms with van der Waals surface area (Å²) in [7, 11) is 0. The molecule has 0 aliphatic carbocycles. The third-order valence-corrected chi connectivity index (χ3v) is 4.58. The molecule has 29 heavy (non-hydrogen) atoms. The van der Waals surface area contributed by atoms with E-state index >= 15 is 0 Å². The van der Waals surface area contributed by atoms with Gasteiger partial charge in [-0.15, -0.1) is 15.0 Å². The Kier molecular flexibility index (Phi) is 4.82. The SMILES string of the molecule is Cc1ccc(NC(=O)Nc2cc(C)cc(-n3nc4ccc(Cl)cc4n3)c2O)cc1. The van der Waals surface area contributed by atoms with Gasteiger partial charge in [0.1, 0.15) is 16.7 Å². The van der Waals surface area contributed by atoms with Gasteiger partial charge in [-0.2, -0.15) is 0 Å². The maximum Gasteiger partial charge on any atom is 0.323 e. The summed E-state index contributed by atoms with van der Waals surface area (Å²) in [6.45, 7) is 3.82. The van der Waals surface area contributed by atoms with Crippen molar-refractivity contribution in [3.63, 3.8) is 0 Å². The fraction of sp³-hybridized carbons (Fsp3) is 0.0952. The van der Waals surface area contributed by atoms with Crippen molar-refractivity contribution >= 4 is 40.0 Å². The highest BCUT2D eigenvalue weighted by molar-refractivity contribution is 6.31. The Morgan fingerprint density at radius 2 is 1.66 bits per heavy atom. The number of hydrogen-bond donors (Lipinski definition) is 3. The molecule has 0 saturated heterocycles. The summed E-state index contributed by atoms with van der Waals surface area (Å²) in [5, 5.41) is 25.4. The monoisotopic (exact) mass is 407 g/mol. The molecule has 0 spiro atoms. The first-order valence-corrected chi connectivity index (χ1v) is 9.28. The van der Waals surface area contributed by atoms with Gasteiger partial charge >= 0.3 is 6.03 Å². The Labute approximate surface area is 171 Å². The molecule has 8 heteroatoms. The lowest BCUT2D eigenvalue weighted by Crippen LogP contribution is -2.19. The Bertz CT molecular complexity index is 1220. The number of hydrogen-bond acceptors (Lipinski definition) is 4. The Hall–Kier alpha value is -3.58. The second-order valence-electron chi connectivity index (χ2n) is 6.75. The van der Waals surface area contributed by atoms with E-state index in [1.54, 1.807) is 42.5 Å². The van der Waals surface area contributed by atoms with Crippen LogP contribution in [0.1, 0.15) is 11.1 Å². The van der Waals surface area contributed by atoms with Crippen molar-refractivity contribution < 1.29 is 9.90 Å². The molecule has 1 aromatic heterocycles. The molecule has 3 aromatic carbocycles. The van der Waals surface area contributed by atoms with Gasteiger partial charge in [0.2, 0.25) is 0 Å². The van der Waals surface area contributed by atoms with Crippen LogP contribution in [0.25, 0.3) is 16.7 Å². The fourth-order valence-corrected chi connectivity index (χ4v) is 3.09. The van der Waals surface area contributed by atoms with E-state index in [4.69, 9.17) is 11.6 Å². The number of aromatic hydroxyl groups is 1. The lowest BCUT2D eigenvalue weighted by molar-refractivity contribution is 0.262. The minimum absolute atomic E-state index is 0.138. The molecule has 3 N–H and O–H groups in total. The van der Waals surface area contributed by atoms with Gasteiger partial charge in [0.15, 0.2) is 5.75 Å². The zero-order chi connectivity index (χ0) is 20.5. The summed E-state index contributed by atoms with van der Waals surface area (Å²) in [6.07, 6.45) is 0. The van der Waals surface area contributed by atoms with E-state index < -0.39 is 6.03 Å². The minimum atomic E-state index is -0.467. The van der Waals surface area contributed by atoms with E-state index in [-0.39, 0.29) is 11.4 Å². The number of nitrogens with zero attached hydrogens (tertiary/aromatic N) is 3. The summed E-state index contributed by atoms with van der Waals surface area (Å²) in [6, 6.07) is 15.5. The van der Waals surface area contributed by atoms with Gasteiger partial charge in [-0.25, -0.2) is 4.79 Å². The molecule has 0 aliphatic heterocycles. The molecule has 0 atom stereocenters. The highest BCUT2D eigenvalue weighted by Crippen LogP contribution is 2.32. The summed E-state index contributed by atoms with van der Waals surface area (Å²) in [5.74, 6) is -0.138. The number of fused-ring (bicyclic) bond motifs is 1. The van der Waals surface area contributed by atoms with Crippen molar-refractivity contribution in [1.29, 1.82) is 0 Å². The number of carbonyl (C=O) groups excluding carboxylic acids is 1. The number of aryl methyl sites for hydroxylation is 2. The van der Waals surface area contributed by atoms with E-state index in [9.17, 15) is 9.90 Å². The minimum Gasteiger partial charge on any atom is -0.504 e. The average Bonchev–Trinajstić information content (AvgIpc) is 3.09. The quantitative estimate of drug-likeness (QED) is 0.415. The normalized spacial score (nSPS) is 10.9. The summed E-state index contributed by atoms with van der Waals surface area (Å²) in [5.41, 5.74) is 4.41. The molecule has 0 bridgehead atoms. The molecule has 0 unspecified atom stereocenters. The largest absolute Gasteiger partial charge is 0.504 e. The van der Waals surface area contributed by atoms with Gasteiger partial charge in [-0.1, -0.05) is 29.3 Å². The summed E-state index contributed by atoms with van der Waals surface area (Å²) < 4.78 is 0. The van der Waals surface area contributed by atoms with Gasteiger partial charge in [0, 0.05) is 10.7 Å². The maximum atomic E-state index is 12.4. The number of phenols is 1. The predicted octanol–water partition coefficient (Wildman–Crippen LogP) is 5.04. The van der Waals surface area contributed by atoms with Crippen molar-refractivity contribution in [2.75, 3.05) is 10.6 Å². The average molecular weight is 408 g/mol. The number of anilines is 2. The fourth-order valence-electron chi connectivity index (χ4n) is 2.92. The van der Waals surface area contributed by atoms with Crippen LogP contribution in [0.3, 0.4) is 0 Å². The van der Waals surface area contributed by atoms with Crippen molar-refractivity contribution in [1.82, 2.24) is 15.0 Å². The van der Waals surface area contributed by atoms with Crippen LogP contribution in [-0.2, 0) is 0 Å². The molecule has 4 rings (SSSR count). The molecule has 0 fully saturated rings. The van der Waals surface area contributed by atoms with Crippen molar-refractivity contribution in [2.45, 2.75) is 13.8 Å². The number of halogens is 1. The molecule has 7 nitrogen and oxygen atoms in total. The molecular weight excluding hydrogens is 390 g/mol. The van der Waals surface area contributed by atoms with E-state index in [0.717, 1.165) is 11.1 Å². The van der Waals surface area contributed by atoms with Crippen LogP contribution in [0.15, 0.2) is 54.6 Å². The molecule has 146 valence electrons. The first-order valence-electron chi connectivity index (χ1n) is 8.90. The van der Waals surface area contributed by atoms with Crippen molar-refractivity contribution in [2.24, 2.45) is 0 Å². The van der Waals surface area contributed by atoms with Crippen LogP contribution in [-0.4, -0.2) is 26.1 Å². The Morgan fingerprint density at radius 1 is 0.931 bits per heavy atom. The van der Waals surface area contributed by atoms with Crippen molar-refractivity contribution in [3.05, 3.63) is 70.7 Å². The standard InChI is InChI=1S/C21H18ClN5O2/c1-12-3-6-15(7-4-12)23-21(29)24-18-9-13(2)10-19(20(18)28)27-25-16-8-5-14(22)11-17(16)26-27/h3-11,28H,1-2H3,(H2,23,24,29). The smallest absolute Gasteiger partial charge is 0.323 e. The van der Waals surface area contributed by atoms with Crippen molar-refractivity contribution in [3.8, 4) is 11.4 Å². The number of rotatable bonds is 3. The lowest BCUT2D eigenvalue weighted by atomic mass is 10.1. The van der Waals surface area contributed by atoms with E-state index in [2.05, 4.69) is 20.8 Å². The van der Waals surface area contributed by atoms with Crippen LogP contribution in [0.2, 0.25) is 5.02 Å². The first kappa shape index (κ1) is 18.8. The molecule has 0 aliphatic rings. The number of urea groups is 1. The second kappa shape index (κ2) is 7.44. The lowest BCUT2D eigenvalue weighted by Gasteiger charge is -2.13. The molecule has 0 saturated carbocycles. The van der Waals surface area contributed by atoms with E-state index in [1.807, 2.05) is 26.0 Å². The number of phenolic OH excluding ortho intramolecular Hbond substituents is 1. The molecule has 1 heterocycles. The Balaban J connectivity index is 1.63. The molecular formula is C21H18ClN5O2. The third kappa shape index (κ3) is 4.00. The van der Waals surface area contributed by atoms with Gasteiger partial charge in [0.05, 0.1) is 5.69 Å². The van der Waals surface area contributed by atoms with E-state index in [1.165, 1.54) is 4.80 Å². The highest BCUT2D eigenvalue weighted by Gasteiger charge is 2.16. The van der Waals surface area contributed by atoms with Gasteiger partial charge < -0.3 is 15.7 Å². The van der Waals surface area contributed by atoms with Crippen LogP contribution in [0.5, 0.6) is 5.75 Å². The number of nitrogens with one attached hydrogen (secondary N) is 2. The predicted molar refractivity (Wildman–Crippen MR) is 114 cm³/mol. The summed E-state index contributed by atoms with van der Waals surface area (Å²) >= 11 is 6.01.